The molecule has 0 radical (unpaired) electrons. The Bertz CT molecular complexity index is 1110. The van der Waals surface area contributed by atoms with E-state index in [1.807, 2.05) is 0 Å². The second kappa shape index (κ2) is 10.1. The molecule has 11 heteroatoms. The summed E-state index contributed by atoms with van der Waals surface area (Å²) in [5.41, 5.74) is 0.277. The maximum absolute atomic E-state index is 13.7. The average Bonchev–Trinajstić information content (AvgIpc) is 2.72. The third kappa shape index (κ3) is 6.07. The monoisotopic (exact) mass is 471 g/mol. The Labute approximate surface area is 184 Å². The lowest BCUT2D eigenvalue weighted by Gasteiger charge is -2.26. The second-order valence-electron chi connectivity index (χ2n) is 7.62. The number of benzene rings is 2. The third-order valence-corrected chi connectivity index (χ3v) is 6.07. The van der Waals surface area contributed by atoms with Crippen LogP contribution in [0.1, 0.15) is 19.4 Å². The molecule has 0 saturated heterocycles. The molecule has 2 aromatic rings. The van der Waals surface area contributed by atoms with Crippen molar-refractivity contribution in [1.29, 1.82) is 0 Å². The van der Waals surface area contributed by atoms with Crippen LogP contribution in [0, 0.1) is 30.3 Å². The van der Waals surface area contributed by atoms with Gasteiger partial charge in [0.1, 0.15) is 6.04 Å². The number of likely N-dealkylation sites (N-methyl/N-ethyl adjacent to an activating group) is 1. The molecule has 1 unspecified atom stereocenters. The molecule has 0 aromatic heterocycles. The molecule has 2 rings (SSSR count). The fourth-order valence-corrected chi connectivity index (χ4v) is 4.10. The van der Waals surface area contributed by atoms with Crippen molar-refractivity contribution in [3.63, 3.8) is 0 Å². The van der Waals surface area contributed by atoms with Crippen LogP contribution in [0.5, 0.6) is 0 Å². The molecule has 32 heavy (non-hydrogen) atoms. The van der Waals surface area contributed by atoms with E-state index in [2.05, 4.69) is 10.0 Å². The number of nitrogens with zero attached hydrogens (tertiary/aromatic N) is 1. The Balaban J connectivity index is 2.11. The van der Waals surface area contributed by atoms with Gasteiger partial charge in [-0.3, -0.25) is 9.59 Å². The molecular formula is C21H24F3N3O4S. The number of halogens is 3. The molecule has 174 valence electrons. The number of sulfonamides is 1. The zero-order chi connectivity index (χ0) is 24.2. The van der Waals surface area contributed by atoms with Gasteiger partial charge in [0.2, 0.25) is 21.8 Å². The summed E-state index contributed by atoms with van der Waals surface area (Å²) >= 11 is 0. The minimum atomic E-state index is -4.02. The van der Waals surface area contributed by atoms with Crippen LogP contribution in [0.25, 0.3) is 0 Å². The van der Waals surface area contributed by atoms with Crippen molar-refractivity contribution in [2.75, 3.05) is 18.9 Å². The van der Waals surface area contributed by atoms with Crippen molar-refractivity contribution in [2.24, 2.45) is 5.92 Å². The van der Waals surface area contributed by atoms with Crippen LogP contribution in [0.15, 0.2) is 41.3 Å². The van der Waals surface area contributed by atoms with Crippen molar-refractivity contribution < 1.29 is 31.2 Å². The highest BCUT2D eigenvalue weighted by Crippen LogP contribution is 2.20. The Morgan fingerprint density at radius 3 is 2.16 bits per heavy atom. The van der Waals surface area contributed by atoms with Gasteiger partial charge >= 0.3 is 0 Å². The largest absolute Gasteiger partial charge is 0.335 e. The van der Waals surface area contributed by atoms with Gasteiger partial charge in [0.25, 0.3) is 0 Å². The Kier molecular flexibility index (Phi) is 8.02. The summed E-state index contributed by atoms with van der Waals surface area (Å²) in [6.45, 7) is 4.48. The number of carbonyl (C=O) groups is 2. The third-order valence-electron chi connectivity index (χ3n) is 4.61. The Morgan fingerprint density at radius 1 is 1.00 bits per heavy atom. The molecule has 2 N–H and O–H groups in total. The van der Waals surface area contributed by atoms with E-state index in [-0.39, 0.29) is 4.90 Å². The maximum atomic E-state index is 13.7. The smallest absolute Gasteiger partial charge is 0.244 e. The highest BCUT2D eigenvalue weighted by atomic mass is 32.2. The number of anilines is 1. The first-order chi connectivity index (χ1) is 14.8. The maximum Gasteiger partial charge on any atom is 0.244 e. The van der Waals surface area contributed by atoms with Gasteiger partial charge in [0, 0.05) is 7.05 Å². The van der Waals surface area contributed by atoms with Crippen LogP contribution in [0.2, 0.25) is 0 Å². The summed E-state index contributed by atoms with van der Waals surface area (Å²) in [4.78, 5) is 26.0. The number of nitrogens with one attached hydrogen (secondary N) is 2. The summed E-state index contributed by atoms with van der Waals surface area (Å²) in [6, 6.07) is 6.38. The van der Waals surface area contributed by atoms with Crippen LogP contribution in [0.4, 0.5) is 18.9 Å². The summed E-state index contributed by atoms with van der Waals surface area (Å²) in [6.07, 6.45) is 0. The molecule has 7 nitrogen and oxygen atoms in total. The lowest BCUT2D eigenvalue weighted by atomic mass is 10.0. The van der Waals surface area contributed by atoms with Crippen molar-refractivity contribution in [3.8, 4) is 0 Å². The van der Waals surface area contributed by atoms with E-state index >= 15 is 0 Å². The quantitative estimate of drug-likeness (QED) is 0.579. The number of hydrogen-bond donors (Lipinski definition) is 2. The molecule has 0 bridgehead atoms. The predicted molar refractivity (Wildman–Crippen MR) is 113 cm³/mol. The van der Waals surface area contributed by atoms with Gasteiger partial charge in [0.05, 0.1) is 17.1 Å². The van der Waals surface area contributed by atoms with Gasteiger partial charge in [-0.05, 0) is 37.1 Å². The zero-order valence-corrected chi connectivity index (χ0v) is 18.8. The number of hydrogen-bond acceptors (Lipinski definition) is 4. The molecular weight excluding hydrogens is 447 g/mol. The standard InChI is InChI=1S/C21H24F3N3O4S/c1-12(2)20(26-32(30,31)14-7-5-13(3)6-8-14)21(29)27(4)11-17(28)25-16-10-9-15(22)18(23)19(16)24/h5-10,12,20,26H,11H2,1-4H3,(H,25,28). The zero-order valence-electron chi connectivity index (χ0n) is 17.9. The second-order valence-corrected chi connectivity index (χ2v) is 9.34. The van der Waals surface area contributed by atoms with E-state index < -0.39 is 63.5 Å². The van der Waals surface area contributed by atoms with Crippen LogP contribution in [0.3, 0.4) is 0 Å². The van der Waals surface area contributed by atoms with Gasteiger partial charge in [0.15, 0.2) is 17.5 Å². The van der Waals surface area contributed by atoms with E-state index in [9.17, 15) is 31.2 Å². The average molecular weight is 472 g/mol. The first-order valence-electron chi connectivity index (χ1n) is 9.60. The van der Waals surface area contributed by atoms with Crippen LogP contribution in [-0.4, -0.2) is 44.8 Å². The summed E-state index contributed by atoms with van der Waals surface area (Å²) in [5.74, 6) is -6.76. The molecule has 0 fully saturated rings. The molecule has 0 spiro atoms. The van der Waals surface area contributed by atoms with Gasteiger partial charge in [-0.15, -0.1) is 0 Å². The van der Waals surface area contributed by atoms with Gasteiger partial charge < -0.3 is 10.2 Å². The molecule has 0 heterocycles. The normalized spacial score (nSPS) is 12.5. The van der Waals surface area contributed by atoms with Gasteiger partial charge in [-0.2, -0.15) is 4.72 Å². The lowest BCUT2D eigenvalue weighted by Crippen LogP contribution is -2.51. The summed E-state index contributed by atoms with van der Waals surface area (Å²) in [7, 11) is -2.75. The Morgan fingerprint density at radius 2 is 1.59 bits per heavy atom. The fourth-order valence-electron chi connectivity index (χ4n) is 2.77. The highest BCUT2D eigenvalue weighted by Gasteiger charge is 2.31. The van der Waals surface area contributed by atoms with E-state index in [1.165, 1.54) is 19.2 Å². The Hall–Kier alpha value is -2.92. The molecule has 2 amide bonds. The van der Waals surface area contributed by atoms with Crippen molar-refractivity contribution in [1.82, 2.24) is 9.62 Å². The first kappa shape index (κ1) is 25.3. The van der Waals surface area contributed by atoms with E-state index in [1.54, 1.807) is 32.9 Å². The number of rotatable bonds is 8. The number of carbonyl (C=O) groups excluding carboxylic acids is 2. The first-order valence-corrected chi connectivity index (χ1v) is 11.1. The predicted octanol–water partition coefficient (Wildman–Crippen LogP) is 2.81. The van der Waals surface area contributed by atoms with Gasteiger partial charge in [-0.25, -0.2) is 21.6 Å². The van der Waals surface area contributed by atoms with Crippen molar-refractivity contribution >= 4 is 27.5 Å². The molecule has 1 atom stereocenters. The molecule has 2 aromatic carbocycles. The molecule has 0 aliphatic rings. The number of aryl methyl sites for hydroxylation is 1. The van der Waals surface area contributed by atoms with Crippen molar-refractivity contribution in [3.05, 3.63) is 59.4 Å². The summed E-state index contributed by atoms with van der Waals surface area (Å²) < 4.78 is 67.8. The van der Waals surface area contributed by atoms with E-state index in [0.717, 1.165) is 16.5 Å². The van der Waals surface area contributed by atoms with E-state index in [4.69, 9.17) is 0 Å². The molecule has 0 aliphatic carbocycles. The SMILES string of the molecule is Cc1ccc(S(=O)(=O)NC(C(=O)N(C)CC(=O)Nc2ccc(F)c(F)c2F)C(C)C)cc1. The molecule has 0 aliphatic heterocycles. The molecule has 0 saturated carbocycles. The minimum absolute atomic E-state index is 0.0178. The van der Waals surface area contributed by atoms with E-state index in [0.29, 0.717) is 6.07 Å². The highest BCUT2D eigenvalue weighted by molar-refractivity contribution is 7.89. The van der Waals surface area contributed by atoms with Crippen LogP contribution < -0.4 is 10.0 Å². The number of amides is 2. The topological polar surface area (TPSA) is 95.6 Å². The van der Waals surface area contributed by atoms with Crippen LogP contribution in [-0.2, 0) is 19.6 Å². The lowest BCUT2D eigenvalue weighted by molar-refractivity contribution is -0.135. The minimum Gasteiger partial charge on any atom is -0.335 e. The van der Waals surface area contributed by atoms with Crippen molar-refractivity contribution in [2.45, 2.75) is 31.7 Å². The summed E-state index contributed by atoms with van der Waals surface area (Å²) in [5, 5.41) is 2.06. The van der Waals surface area contributed by atoms with Gasteiger partial charge in [-0.1, -0.05) is 31.5 Å². The fraction of sp³-hybridized carbons (Fsp3) is 0.333. The van der Waals surface area contributed by atoms with Crippen LogP contribution >= 0.6 is 0 Å².